The van der Waals surface area contributed by atoms with Gasteiger partial charge in [-0.15, -0.1) is 0 Å². The molecule has 0 fully saturated rings. The van der Waals surface area contributed by atoms with E-state index in [4.69, 9.17) is 21.1 Å². The molecule has 0 heterocycles. The average Bonchev–Trinajstić information content (AvgIpc) is 2.69. The lowest BCUT2D eigenvalue weighted by molar-refractivity contribution is -0.534. The Morgan fingerprint density at radius 2 is 1.45 bits per heavy atom. The van der Waals surface area contributed by atoms with Crippen molar-refractivity contribution in [2.45, 2.75) is 25.8 Å². The predicted molar refractivity (Wildman–Crippen MR) is 107 cm³/mol. The highest BCUT2D eigenvalue weighted by molar-refractivity contribution is 6.30. The fourth-order valence-corrected chi connectivity index (χ4v) is 3.33. The maximum absolute atomic E-state index is 12.7. The number of rotatable bonds is 9. The molecule has 0 aliphatic heterocycles. The van der Waals surface area contributed by atoms with Crippen LogP contribution in [0.15, 0.2) is 54.6 Å². The summed E-state index contributed by atoms with van der Waals surface area (Å²) in [5, 5.41) is 12.5. The van der Waals surface area contributed by atoms with E-state index in [0.717, 1.165) is 0 Å². The highest BCUT2D eigenvalue weighted by Gasteiger charge is 2.48. The second-order valence-electron chi connectivity index (χ2n) is 6.20. The van der Waals surface area contributed by atoms with Gasteiger partial charge in [-0.3, -0.25) is 19.7 Å². The molecule has 0 spiro atoms. The summed E-state index contributed by atoms with van der Waals surface area (Å²) in [6.45, 7) is 3.24. The van der Waals surface area contributed by atoms with Crippen molar-refractivity contribution in [3.05, 3.63) is 80.9 Å². The van der Waals surface area contributed by atoms with Crippen LogP contribution >= 0.6 is 11.6 Å². The quantitative estimate of drug-likeness (QED) is 0.262. The van der Waals surface area contributed by atoms with Gasteiger partial charge in [-0.05, 0) is 31.5 Å². The standard InChI is InChI=1S/C21H22ClNO6/c1-3-28-20(24)18(21(25)29-4-2)17(14-10-12-16(22)13-11-14)19(23(26)27)15-8-6-5-7-9-15/h5-13,17-19H,3-4H2,1-2H3. The minimum atomic E-state index is -1.51. The van der Waals surface area contributed by atoms with Gasteiger partial charge in [-0.25, -0.2) is 0 Å². The maximum atomic E-state index is 12.7. The minimum absolute atomic E-state index is 0.0243. The molecule has 154 valence electrons. The van der Waals surface area contributed by atoms with Crippen LogP contribution < -0.4 is 0 Å². The van der Waals surface area contributed by atoms with E-state index in [1.54, 1.807) is 68.4 Å². The number of hydrogen-bond donors (Lipinski definition) is 0. The van der Waals surface area contributed by atoms with Gasteiger partial charge in [-0.1, -0.05) is 54.1 Å². The Morgan fingerprint density at radius 3 is 1.90 bits per heavy atom. The largest absolute Gasteiger partial charge is 0.465 e. The molecule has 0 aliphatic carbocycles. The molecule has 0 saturated carbocycles. The predicted octanol–water partition coefficient (Wildman–Crippen LogP) is 4.18. The number of nitro groups is 1. The van der Waals surface area contributed by atoms with E-state index in [2.05, 4.69) is 0 Å². The molecule has 0 N–H and O–H groups in total. The number of hydrogen-bond acceptors (Lipinski definition) is 6. The van der Waals surface area contributed by atoms with Crippen molar-refractivity contribution in [3.63, 3.8) is 0 Å². The molecule has 2 aromatic rings. The first kappa shape index (κ1) is 22.4. The Labute approximate surface area is 173 Å². The maximum Gasteiger partial charge on any atom is 0.321 e. The van der Waals surface area contributed by atoms with Crippen LogP contribution in [0, 0.1) is 16.0 Å². The normalized spacial score (nSPS) is 12.8. The number of nitrogens with zero attached hydrogens (tertiary/aromatic N) is 1. The molecule has 2 rings (SSSR count). The van der Waals surface area contributed by atoms with Crippen LogP contribution in [0.5, 0.6) is 0 Å². The van der Waals surface area contributed by atoms with Crippen molar-refractivity contribution in [2.24, 2.45) is 5.92 Å². The fourth-order valence-electron chi connectivity index (χ4n) is 3.21. The van der Waals surface area contributed by atoms with Crippen LogP contribution in [0.4, 0.5) is 0 Å². The summed E-state index contributed by atoms with van der Waals surface area (Å²) in [7, 11) is 0. The van der Waals surface area contributed by atoms with E-state index in [1.807, 2.05) is 0 Å². The molecule has 0 radical (unpaired) electrons. The van der Waals surface area contributed by atoms with Crippen LogP contribution in [-0.2, 0) is 19.1 Å². The van der Waals surface area contributed by atoms with Gasteiger partial charge in [0.2, 0.25) is 6.04 Å². The van der Waals surface area contributed by atoms with Crippen molar-refractivity contribution < 1.29 is 24.0 Å². The highest BCUT2D eigenvalue weighted by Crippen LogP contribution is 2.41. The smallest absolute Gasteiger partial charge is 0.321 e. The van der Waals surface area contributed by atoms with Crippen molar-refractivity contribution in [2.75, 3.05) is 13.2 Å². The summed E-state index contributed by atoms with van der Waals surface area (Å²) >= 11 is 5.96. The van der Waals surface area contributed by atoms with Gasteiger partial charge in [0.1, 0.15) is 0 Å². The van der Waals surface area contributed by atoms with Gasteiger partial charge in [0.05, 0.1) is 19.1 Å². The van der Waals surface area contributed by atoms with Crippen molar-refractivity contribution in [3.8, 4) is 0 Å². The highest BCUT2D eigenvalue weighted by atomic mass is 35.5. The zero-order chi connectivity index (χ0) is 21.4. The molecule has 0 aliphatic rings. The Balaban J connectivity index is 2.68. The van der Waals surface area contributed by atoms with Crippen LogP contribution in [0.25, 0.3) is 0 Å². The van der Waals surface area contributed by atoms with Crippen molar-refractivity contribution >= 4 is 23.5 Å². The second-order valence-corrected chi connectivity index (χ2v) is 6.64. The van der Waals surface area contributed by atoms with Crippen LogP contribution in [0.1, 0.15) is 36.9 Å². The van der Waals surface area contributed by atoms with Crippen LogP contribution in [0.2, 0.25) is 5.02 Å². The third-order valence-corrected chi connectivity index (χ3v) is 4.66. The second kappa shape index (κ2) is 10.6. The Morgan fingerprint density at radius 1 is 0.931 bits per heavy atom. The SMILES string of the molecule is CCOC(=O)C(C(=O)OCC)C(c1ccc(Cl)cc1)C(c1ccccc1)[N+](=O)[O-]. The first-order valence-electron chi connectivity index (χ1n) is 9.17. The van der Waals surface area contributed by atoms with E-state index >= 15 is 0 Å². The van der Waals surface area contributed by atoms with E-state index < -0.39 is 34.7 Å². The molecular weight excluding hydrogens is 398 g/mol. The molecule has 0 aromatic heterocycles. The lowest BCUT2D eigenvalue weighted by Gasteiger charge is -2.27. The average molecular weight is 420 g/mol. The third-order valence-electron chi connectivity index (χ3n) is 4.40. The summed E-state index contributed by atoms with van der Waals surface area (Å²) < 4.78 is 10.2. The molecule has 29 heavy (non-hydrogen) atoms. The van der Waals surface area contributed by atoms with Gasteiger partial charge < -0.3 is 9.47 Å². The molecule has 0 amide bonds. The summed E-state index contributed by atoms with van der Waals surface area (Å²) in [5.41, 5.74) is 0.766. The lowest BCUT2D eigenvalue weighted by atomic mass is 9.78. The molecule has 0 bridgehead atoms. The first-order valence-corrected chi connectivity index (χ1v) is 9.55. The molecule has 8 heteroatoms. The Hall–Kier alpha value is -2.93. The zero-order valence-corrected chi connectivity index (χ0v) is 16.9. The molecule has 0 saturated heterocycles. The number of ether oxygens (including phenoxy) is 2. The minimum Gasteiger partial charge on any atom is -0.465 e. The number of benzene rings is 2. The van der Waals surface area contributed by atoms with Gasteiger partial charge in [0, 0.05) is 15.5 Å². The van der Waals surface area contributed by atoms with Crippen molar-refractivity contribution in [1.82, 2.24) is 0 Å². The van der Waals surface area contributed by atoms with Gasteiger partial charge in [0.25, 0.3) is 0 Å². The fraction of sp³-hybridized carbons (Fsp3) is 0.333. The molecule has 2 aromatic carbocycles. The molecule has 2 atom stereocenters. The molecule has 7 nitrogen and oxygen atoms in total. The van der Waals surface area contributed by atoms with Gasteiger partial charge >= 0.3 is 11.9 Å². The molecule has 2 unspecified atom stereocenters. The lowest BCUT2D eigenvalue weighted by Crippen LogP contribution is -2.38. The molecular formula is C21H22ClNO6. The van der Waals surface area contributed by atoms with E-state index in [-0.39, 0.29) is 13.2 Å². The number of esters is 2. The van der Waals surface area contributed by atoms with E-state index in [1.165, 1.54) is 0 Å². The van der Waals surface area contributed by atoms with Crippen LogP contribution in [-0.4, -0.2) is 30.1 Å². The Bertz CT molecular complexity index is 822. The Kier molecular flexibility index (Phi) is 8.15. The van der Waals surface area contributed by atoms with E-state index in [0.29, 0.717) is 16.1 Å². The topological polar surface area (TPSA) is 95.7 Å². The third kappa shape index (κ3) is 5.54. The summed E-state index contributed by atoms with van der Waals surface area (Å²) in [4.78, 5) is 37.1. The zero-order valence-electron chi connectivity index (χ0n) is 16.1. The van der Waals surface area contributed by atoms with E-state index in [9.17, 15) is 19.7 Å². The monoisotopic (exact) mass is 419 g/mol. The van der Waals surface area contributed by atoms with Gasteiger partial charge in [0.15, 0.2) is 5.92 Å². The number of halogens is 1. The first-order chi connectivity index (χ1) is 13.9. The van der Waals surface area contributed by atoms with Crippen molar-refractivity contribution in [1.29, 1.82) is 0 Å². The van der Waals surface area contributed by atoms with Crippen LogP contribution in [0.3, 0.4) is 0 Å². The summed E-state index contributed by atoms with van der Waals surface area (Å²) in [6, 6.07) is 13.1. The summed E-state index contributed by atoms with van der Waals surface area (Å²) in [6.07, 6.45) is 0. The number of carbonyl (C=O) groups excluding carboxylic acids is 2. The number of carbonyl (C=O) groups is 2. The van der Waals surface area contributed by atoms with Gasteiger partial charge in [-0.2, -0.15) is 0 Å². The summed E-state index contributed by atoms with van der Waals surface area (Å²) in [5.74, 6) is -4.39.